The maximum atomic E-state index is 8.45. The molecule has 0 amide bonds. The van der Waals surface area contributed by atoms with Crippen LogP contribution in [0.2, 0.25) is 0 Å². The highest BCUT2D eigenvalue weighted by Crippen LogP contribution is 2.17. The molecule has 6 heteroatoms. The quantitative estimate of drug-likeness (QED) is 0.369. The molecule has 126 valence electrons. The number of nitrogen functional groups attached to an aromatic ring is 2. The Morgan fingerprint density at radius 2 is 1.57 bits per heavy atom. The molecule has 0 bridgehead atoms. The zero-order valence-electron chi connectivity index (χ0n) is 13.5. The Bertz CT molecular complexity index is 568. The summed E-state index contributed by atoms with van der Waals surface area (Å²) in [4.78, 5) is 0. The lowest BCUT2D eigenvalue weighted by atomic mass is 10.1. The number of para-hydroxylation sites is 1. The van der Waals surface area contributed by atoms with Crippen molar-refractivity contribution in [2.45, 2.75) is 32.8 Å². The molecular formula is C17H26N4O2. The largest absolute Gasteiger partial charge is 0.399 e. The summed E-state index contributed by atoms with van der Waals surface area (Å²) in [6, 6.07) is 15.5. The molecule has 0 aromatic heterocycles. The molecule has 8 N–H and O–H groups in total. The first kappa shape index (κ1) is 18.8. The maximum absolute atomic E-state index is 8.45. The molecule has 0 spiro atoms. The van der Waals surface area contributed by atoms with E-state index in [0.29, 0.717) is 6.54 Å². The van der Waals surface area contributed by atoms with Crippen LogP contribution >= 0.6 is 0 Å². The Kier molecular flexibility index (Phi) is 7.90. The number of hydrogen-bond donors (Lipinski definition) is 6. The summed E-state index contributed by atoms with van der Waals surface area (Å²) in [7, 11) is 0. The van der Waals surface area contributed by atoms with Gasteiger partial charge in [-0.1, -0.05) is 18.2 Å². The standard InChI is InChI=1S/C13H15N3.C4H11NO2/c14-11-6-7-13(15)10(8-11)9-16-12-4-2-1-3-5-12;1-3(6)5-4(2)7/h1-8,16H,9,14-15H2;3-7H,1-2H3. The minimum atomic E-state index is -0.625. The summed E-state index contributed by atoms with van der Waals surface area (Å²) in [6.45, 7) is 3.78. The van der Waals surface area contributed by atoms with Crippen LogP contribution in [0.15, 0.2) is 48.5 Å². The normalized spacial score (nSPS) is 12.7. The number of aliphatic hydroxyl groups excluding tert-OH is 2. The highest BCUT2D eigenvalue weighted by molar-refractivity contribution is 5.56. The summed E-state index contributed by atoms with van der Waals surface area (Å²) >= 11 is 0. The Morgan fingerprint density at radius 1 is 0.957 bits per heavy atom. The molecule has 2 aromatic rings. The topological polar surface area (TPSA) is 117 Å². The molecule has 6 nitrogen and oxygen atoms in total. The third-order valence-electron chi connectivity index (χ3n) is 2.91. The highest BCUT2D eigenvalue weighted by atomic mass is 16.3. The van der Waals surface area contributed by atoms with Crippen LogP contribution in [0.25, 0.3) is 0 Å². The molecule has 0 saturated heterocycles. The summed E-state index contributed by atoms with van der Waals surface area (Å²) in [5, 5.41) is 22.6. The summed E-state index contributed by atoms with van der Waals surface area (Å²) in [5.74, 6) is 0. The minimum absolute atomic E-state index is 0.625. The number of anilines is 3. The third kappa shape index (κ3) is 8.06. The number of benzene rings is 2. The van der Waals surface area contributed by atoms with Crippen LogP contribution in [0.3, 0.4) is 0 Å². The molecule has 0 heterocycles. The molecule has 0 aliphatic carbocycles. The lowest BCUT2D eigenvalue weighted by Gasteiger charge is -2.09. The van der Waals surface area contributed by atoms with Crippen LogP contribution in [0.5, 0.6) is 0 Å². The predicted molar refractivity (Wildman–Crippen MR) is 95.5 cm³/mol. The molecule has 0 aliphatic heterocycles. The summed E-state index contributed by atoms with van der Waals surface area (Å²) < 4.78 is 0. The SMILES string of the molecule is CC(O)NC(C)O.Nc1ccc(N)c(CNc2ccccc2)c1. The van der Waals surface area contributed by atoms with Crippen molar-refractivity contribution in [2.24, 2.45) is 0 Å². The molecular weight excluding hydrogens is 292 g/mol. The monoisotopic (exact) mass is 318 g/mol. The van der Waals surface area contributed by atoms with Crippen LogP contribution in [-0.4, -0.2) is 22.7 Å². The van der Waals surface area contributed by atoms with E-state index in [9.17, 15) is 0 Å². The van der Waals surface area contributed by atoms with Gasteiger partial charge in [-0.15, -0.1) is 0 Å². The second-order valence-corrected chi connectivity index (χ2v) is 5.20. The zero-order chi connectivity index (χ0) is 17.2. The van der Waals surface area contributed by atoms with Crippen LogP contribution < -0.4 is 22.1 Å². The molecule has 0 fully saturated rings. The number of nitrogens with two attached hydrogens (primary N) is 2. The molecule has 23 heavy (non-hydrogen) atoms. The Hall–Kier alpha value is -2.28. The van der Waals surface area contributed by atoms with Gasteiger partial charge in [0, 0.05) is 23.6 Å². The maximum Gasteiger partial charge on any atom is 0.103 e. The Labute approximate surface area is 137 Å². The Balaban J connectivity index is 0.000000322. The first-order chi connectivity index (χ1) is 10.9. The van der Waals surface area contributed by atoms with Crippen molar-refractivity contribution in [3.63, 3.8) is 0 Å². The van der Waals surface area contributed by atoms with E-state index in [-0.39, 0.29) is 0 Å². The smallest absolute Gasteiger partial charge is 0.103 e. The van der Waals surface area contributed by atoms with Gasteiger partial charge >= 0.3 is 0 Å². The molecule has 2 aromatic carbocycles. The van der Waals surface area contributed by atoms with Gasteiger partial charge in [-0.05, 0) is 49.7 Å². The average Bonchev–Trinajstić information content (AvgIpc) is 2.48. The number of rotatable bonds is 5. The fourth-order valence-corrected chi connectivity index (χ4v) is 1.88. The lowest BCUT2D eigenvalue weighted by molar-refractivity contribution is 0.0632. The van der Waals surface area contributed by atoms with Gasteiger partial charge < -0.3 is 27.0 Å². The first-order valence-electron chi connectivity index (χ1n) is 7.43. The average molecular weight is 318 g/mol. The van der Waals surface area contributed by atoms with Crippen molar-refractivity contribution in [2.75, 3.05) is 16.8 Å². The van der Waals surface area contributed by atoms with Crippen molar-refractivity contribution in [1.29, 1.82) is 0 Å². The fourth-order valence-electron chi connectivity index (χ4n) is 1.88. The van der Waals surface area contributed by atoms with E-state index in [0.717, 1.165) is 22.6 Å². The molecule has 2 unspecified atom stereocenters. The van der Waals surface area contributed by atoms with E-state index in [1.165, 1.54) is 0 Å². The van der Waals surface area contributed by atoms with Gasteiger partial charge in [-0.25, -0.2) is 0 Å². The Morgan fingerprint density at radius 3 is 2.09 bits per heavy atom. The minimum Gasteiger partial charge on any atom is -0.399 e. The van der Waals surface area contributed by atoms with Crippen molar-refractivity contribution >= 4 is 17.1 Å². The highest BCUT2D eigenvalue weighted by Gasteiger charge is 1.99. The van der Waals surface area contributed by atoms with E-state index in [1.807, 2.05) is 42.5 Å². The van der Waals surface area contributed by atoms with Gasteiger partial charge in [0.15, 0.2) is 0 Å². The summed E-state index contributed by atoms with van der Waals surface area (Å²) in [5.41, 5.74) is 15.2. The third-order valence-corrected chi connectivity index (χ3v) is 2.91. The van der Waals surface area contributed by atoms with Crippen LogP contribution in [0, 0.1) is 0 Å². The molecule has 2 rings (SSSR count). The van der Waals surface area contributed by atoms with E-state index < -0.39 is 12.5 Å². The first-order valence-corrected chi connectivity index (χ1v) is 7.43. The zero-order valence-corrected chi connectivity index (χ0v) is 13.5. The molecule has 0 saturated carbocycles. The van der Waals surface area contributed by atoms with E-state index in [2.05, 4.69) is 10.6 Å². The van der Waals surface area contributed by atoms with Crippen molar-refractivity contribution in [3.05, 3.63) is 54.1 Å². The molecule has 2 atom stereocenters. The fraction of sp³-hybridized carbons (Fsp3) is 0.294. The van der Waals surface area contributed by atoms with Crippen molar-refractivity contribution in [3.8, 4) is 0 Å². The second-order valence-electron chi connectivity index (χ2n) is 5.20. The second kappa shape index (κ2) is 9.68. The van der Waals surface area contributed by atoms with Crippen LogP contribution in [-0.2, 0) is 6.54 Å². The van der Waals surface area contributed by atoms with Gasteiger partial charge in [0.05, 0.1) is 0 Å². The number of hydrogen-bond acceptors (Lipinski definition) is 6. The number of aliphatic hydroxyl groups is 2. The number of nitrogens with one attached hydrogen (secondary N) is 2. The van der Waals surface area contributed by atoms with E-state index >= 15 is 0 Å². The lowest BCUT2D eigenvalue weighted by Crippen LogP contribution is -2.33. The van der Waals surface area contributed by atoms with Gasteiger partial charge in [0.1, 0.15) is 12.5 Å². The van der Waals surface area contributed by atoms with E-state index in [4.69, 9.17) is 21.7 Å². The van der Waals surface area contributed by atoms with Gasteiger partial charge in [0.25, 0.3) is 0 Å². The van der Waals surface area contributed by atoms with Crippen molar-refractivity contribution in [1.82, 2.24) is 5.32 Å². The summed E-state index contributed by atoms with van der Waals surface area (Å²) in [6.07, 6.45) is -1.25. The van der Waals surface area contributed by atoms with E-state index in [1.54, 1.807) is 19.9 Å². The van der Waals surface area contributed by atoms with Crippen LogP contribution in [0.1, 0.15) is 19.4 Å². The molecule has 0 aliphatic rings. The van der Waals surface area contributed by atoms with Crippen LogP contribution in [0.4, 0.5) is 17.1 Å². The predicted octanol–water partition coefficient (Wildman–Crippen LogP) is 1.72. The van der Waals surface area contributed by atoms with Gasteiger partial charge in [0.2, 0.25) is 0 Å². The van der Waals surface area contributed by atoms with Gasteiger partial charge in [-0.3, -0.25) is 5.32 Å². The molecule has 0 radical (unpaired) electrons. The van der Waals surface area contributed by atoms with Crippen molar-refractivity contribution < 1.29 is 10.2 Å². The van der Waals surface area contributed by atoms with Gasteiger partial charge in [-0.2, -0.15) is 0 Å².